The van der Waals surface area contributed by atoms with Crippen LogP contribution in [0, 0.1) is 5.82 Å². The zero-order chi connectivity index (χ0) is 10.7. The van der Waals surface area contributed by atoms with Crippen LogP contribution in [0.4, 0.5) is 4.39 Å². The lowest BCUT2D eigenvalue weighted by atomic mass is 10.2. The van der Waals surface area contributed by atoms with E-state index in [4.69, 9.17) is 10.5 Å². The van der Waals surface area contributed by atoms with Crippen molar-refractivity contribution in [3.63, 3.8) is 0 Å². The number of ether oxygens (including phenoxy) is 1. The first-order valence-electron chi connectivity index (χ1n) is 5.35. The molecule has 0 aliphatic heterocycles. The predicted molar refractivity (Wildman–Crippen MR) is 56.8 cm³/mol. The molecule has 0 bridgehead atoms. The number of hydrogen-bond acceptors (Lipinski definition) is 2. The van der Waals surface area contributed by atoms with E-state index < -0.39 is 0 Å². The second-order valence-corrected chi connectivity index (χ2v) is 4.14. The van der Waals surface area contributed by atoms with E-state index in [1.807, 2.05) is 6.07 Å². The molecule has 0 heterocycles. The summed E-state index contributed by atoms with van der Waals surface area (Å²) in [5.74, 6) is -0.209. The van der Waals surface area contributed by atoms with E-state index in [9.17, 15) is 4.39 Å². The zero-order valence-electron chi connectivity index (χ0n) is 8.66. The molecule has 1 aliphatic carbocycles. The molecule has 2 unspecified atom stereocenters. The number of halogens is 1. The molecule has 2 nitrogen and oxygen atoms in total. The number of rotatable bonds is 3. The summed E-state index contributed by atoms with van der Waals surface area (Å²) in [6.07, 6.45) is 3.24. The fourth-order valence-corrected chi connectivity index (χ4v) is 1.97. The van der Waals surface area contributed by atoms with Gasteiger partial charge in [-0.3, -0.25) is 0 Å². The van der Waals surface area contributed by atoms with Crippen LogP contribution in [0.15, 0.2) is 24.3 Å². The summed E-state index contributed by atoms with van der Waals surface area (Å²) in [5.41, 5.74) is 6.66. The standard InChI is InChI=1S/C12H16FNO/c13-10-3-1-2-9(6-10)8-15-12-5-4-11(14)7-12/h1-3,6,11-12H,4-5,7-8,14H2. The minimum atomic E-state index is -0.209. The number of benzene rings is 1. The third-order valence-electron chi connectivity index (χ3n) is 2.80. The lowest BCUT2D eigenvalue weighted by Gasteiger charge is -2.11. The Balaban J connectivity index is 1.83. The van der Waals surface area contributed by atoms with Gasteiger partial charge in [0.25, 0.3) is 0 Å². The van der Waals surface area contributed by atoms with Crippen LogP contribution >= 0.6 is 0 Å². The SMILES string of the molecule is NC1CCC(OCc2cccc(F)c2)C1. The zero-order valence-corrected chi connectivity index (χ0v) is 8.66. The summed E-state index contributed by atoms with van der Waals surface area (Å²) in [5, 5.41) is 0. The molecule has 2 atom stereocenters. The van der Waals surface area contributed by atoms with Crippen molar-refractivity contribution >= 4 is 0 Å². The maximum Gasteiger partial charge on any atom is 0.123 e. The van der Waals surface area contributed by atoms with Crippen LogP contribution in [0.1, 0.15) is 24.8 Å². The maximum absolute atomic E-state index is 12.9. The molecule has 1 aromatic rings. The van der Waals surface area contributed by atoms with Gasteiger partial charge in [-0.2, -0.15) is 0 Å². The Morgan fingerprint density at radius 2 is 2.27 bits per heavy atom. The van der Waals surface area contributed by atoms with Crippen LogP contribution in [-0.4, -0.2) is 12.1 Å². The van der Waals surface area contributed by atoms with Gasteiger partial charge in [-0.15, -0.1) is 0 Å². The van der Waals surface area contributed by atoms with Crippen LogP contribution in [0.2, 0.25) is 0 Å². The Bertz CT molecular complexity index is 329. The molecule has 1 aromatic carbocycles. The molecule has 0 spiro atoms. The second kappa shape index (κ2) is 4.73. The van der Waals surface area contributed by atoms with Crippen LogP contribution in [0.3, 0.4) is 0 Å². The van der Waals surface area contributed by atoms with Gasteiger partial charge in [-0.25, -0.2) is 4.39 Å². The molecule has 0 saturated heterocycles. The molecule has 0 amide bonds. The van der Waals surface area contributed by atoms with Gasteiger partial charge in [0.15, 0.2) is 0 Å². The predicted octanol–water partition coefficient (Wildman–Crippen LogP) is 2.22. The molecule has 2 N–H and O–H groups in total. The topological polar surface area (TPSA) is 35.2 Å². The highest BCUT2D eigenvalue weighted by molar-refractivity contribution is 5.15. The average molecular weight is 209 g/mol. The maximum atomic E-state index is 12.9. The van der Waals surface area contributed by atoms with Gasteiger partial charge >= 0.3 is 0 Å². The lowest BCUT2D eigenvalue weighted by Crippen LogP contribution is -2.17. The van der Waals surface area contributed by atoms with Gasteiger partial charge in [0.05, 0.1) is 12.7 Å². The van der Waals surface area contributed by atoms with Gasteiger partial charge < -0.3 is 10.5 Å². The Morgan fingerprint density at radius 3 is 2.93 bits per heavy atom. The number of hydrogen-bond donors (Lipinski definition) is 1. The fourth-order valence-electron chi connectivity index (χ4n) is 1.97. The van der Waals surface area contributed by atoms with Crippen LogP contribution in [0.5, 0.6) is 0 Å². The average Bonchev–Trinajstić information content (AvgIpc) is 2.62. The highest BCUT2D eigenvalue weighted by Gasteiger charge is 2.21. The molecular weight excluding hydrogens is 193 g/mol. The minimum absolute atomic E-state index is 0.209. The molecule has 15 heavy (non-hydrogen) atoms. The van der Waals surface area contributed by atoms with Gasteiger partial charge in [-0.1, -0.05) is 12.1 Å². The highest BCUT2D eigenvalue weighted by Crippen LogP contribution is 2.21. The van der Waals surface area contributed by atoms with E-state index in [0.29, 0.717) is 6.61 Å². The van der Waals surface area contributed by atoms with Crippen molar-refractivity contribution in [2.75, 3.05) is 0 Å². The Kier molecular flexibility index (Phi) is 3.34. The third kappa shape index (κ3) is 3.01. The molecule has 1 aliphatic rings. The molecule has 0 aromatic heterocycles. The third-order valence-corrected chi connectivity index (χ3v) is 2.80. The molecule has 82 valence electrons. The summed E-state index contributed by atoms with van der Waals surface area (Å²) in [6.45, 7) is 0.481. The highest BCUT2D eigenvalue weighted by atomic mass is 19.1. The number of nitrogens with two attached hydrogens (primary N) is 1. The van der Waals surface area contributed by atoms with E-state index in [-0.39, 0.29) is 18.0 Å². The van der Waals surface area contributed by atoms with Gasteiger partial charge in [0.1, 0.15) is 5.82 Å². The van der Waals surface area contributed by atoms with Crippen LogP contribution in [0.25, 0.3) is 0 Å². The molecule has 0 radical (unpaired) electrons. The smallest absolute Gasteiger partial charge is 0.123 e. The van der Waals surface area contributed by atoms with Crippen molar-refractivity contribution in [3.05, 3.63) is 35.6 Å². The van der Waals surface area contributed by atoms with Gasteiger partial charge in [-0.05, 0) is 37.0 Å². The summed E-state index contributed by atoms with van der Waals surface area (Å²) in [6, 6.07) is 6.80. The Labute approximate surface area is 89.2 Å². The van der Waals surface area contributed by atoms with Crippen molar-refractivity contribution in [2.45, 2.75) is 38.0 Å². The van der Waals surface area contributed by atoms with Crippen molar-refractivity contribution < 1.29 is 9.13 Å². The second-order valence-electron chi connectivity index (χ2n) is 4.14. The van der Waals surface area contributed by atoms with E-state index in [0.717, 1.165) is 24.8 Å². The molecule has 2 rings (SSSR count). The summed E-state index contributed by atoms with van der Waals surface area (Å²) in [4.78, 5) is 0. The van der Waals surface area contributed by atoms with E-state index in [1.165, 1.54) is 12.1 Å². The van der Waals surface area contributed by atoms with Crippen molar-refractivity contribution in [1.29, 1.82) is 0 Å². The summed E-state index contributed by atoms with van der Waals surface area (Å²) in [7, 11) is 0. The van der Waals surface area contributed by atoms with E-state index in [1.54, 1.807) is 6.07 Å². The molecule has 3 heteroatoms. The quantitative estimate of drug-likeness (QED) is 0.828. The Hall–Kier alpha value is -0.930. The summed E-state index contributed by atoms with van der Waals surface area (Å²) >= 11 is 0. The van der Waals surface area contributed by atoms with Crippen molar-refractivity contribution in [3.8, 4) is 0 Å². The van der Waals surface area contributed by atoms with Crippen LogP contribution in [-0.2, 0) is 11.3 Å². The minimum Gasteiger partial charge on any atom is -0.373 e. The Morgan fingerprint density at radius 1 is 1.40 bits per heavy atom. The van der Waals surface area contributed by atoms with Gasteiger partial charge in [0.2, 0.25) is 0 Å². The molecule has 1 saturated carbocycles. The fraction of sp³-hybridized carbons (Fsp3) is 0.500. The lowest BCUT2D eigenvalue weighted by molar-refractivity contribution is 0.0447. The van der Waals surface area contributed by atoms with E-state index >= 15 is 0 Å². The van der Waals surface area contributed by atoms with Crippen molar-refractivity contribution in [1.82, 2.24) is 0 Å². The molecular formula is C12H16FNO. The van der Waals surface area contributed by atoms with Crippen molar-refractivity contribution in [2.24, 2.45) is 5.73 Å². The first-order chi connectivity index (χ1) is 7.24. The first kappa shape index (κ1) is 10.6. The molecule has 1 fully saturated rings. The monoisotopic (exact) mass is 209 g/mol. The largest absolute Gasteiger partial charge is 0.373 e. The summed E-state index contributed by atoms with van der Waals surface area (Å²) < 4.78 is 18.5. The van der Waals surface area contributed by atoms with Gasteiger partial charge in [0, 0.05) is 6.04 Å². The van der Waals surface area contributed by atoms with Crippen LogP contribution < -0.4 is 5.73 Å². The first-order valence-corrected chi connectivity index (χ1v) is 5.35. The normalized spacial score (nSPS) is 25.7. The van der Waals surface area contributed by atoms with E-state index in [2.05, 4.69) is 0 Å².